The standard InChI is InChI=1S/C13H17ClN2O2/c14-10-1-2-12(11(7-10)13(15)17)18-6-4-9-3-5-16-8-9/h1-2,7,9,16H,3-6,8H2,(H2,15,17). The van der Waals surface area contributed by atoms with Crippen molar-refractivity contribution in [3.05, 3.63) is 28.8 Å². The summed E-state index contributed by atoms with van der Waals surface area (Å²) in [5.74, 6) is 0.655. The van der Waals surface area contributed by atoms with Gasteiger partial charge in [0.1, 0.15) is 5.75 Å². The van der Waals surface area contributed by atoms with Gasteiger partial charge in [0.2, 0.25) is 0 Å². The minimum absolute atomic E-state index is 0.340. The third kappa shape index (κ3) is 3.37. The number of nitrogens with one attached hydrogen (secondary N) is 1. The number of rotatable bonds is 5. The molecule has 0 aliphatic carbocycles. The molecule has 0 aromatic heterocycles. The minimum atomic E-state index is -0.518. The maximum Gasteiger partial charge on any atom is 0.252 e. The summed E-state index contributed by atoms with van der Waals surface area (Å²) in [5.41, 5.74) is 5.63. The van der Waals surface area contributed by atoms with Gasteiger partial charge in [0.05, 0.1) is 12.2 Å². The molecule has 0 radical (unpaired) electrons. The Balaban J connectivity index is 1.93. The molecule has 1 aromatic rings. The molecule has 1 amide bonds. The van der Waals surface area contributed by atoms with E-state index in [1.807, 2.05) is 0 Å². The highest BCUT2D eigenvalue weighted by Gasteiger charge is 2.15. The molecule has 5 heteroatoms. The van der Waals surface area contributed by atoms with Crippen LogP contribution in [0, 0.1) is 5.92 Å². The van der Waals surface area contributed by atoms with Crippen LogP contribution < -0.4 is 15.8 Å². The summed E-state index contributed by atoms with van der Waals surface area (Å²) in [4.78, 5) is 11.3. The summed E-state index contributed by atoms with van der Waals surface area (Å²) in [7, 11) is 0. The van der Waals surface area contributed by atoms with Crippen LogP contribution in [0.3, 0.4) is 0 Å². The normalized spacial score (nSPS) is 18.8. The number of hydrogen-bond donors (Lipinski definition) is 2. The van der Waals surface area contributed by atoms with E-state index in [1.165, 1.54) is 12.5 Å². The summed E-state index contributed by atoms with van der Waals surface area (Å²) in [5, 5.41) is 3.79. The first-order valence-electron chi connectivity index (χ1n) is 6.09. The van der Waals surface area contributed by atoms with E-state index in [1.54, 1.807) is 12.1 Å². The maximum atomic E-state index is 11.3. The number of amides is 1. The van der Waals surface area contributed by atoms with Crippen molar-refractivity contribution in [2.75, 3.05) is 19.7 Å². The summed E-state index contributed by atoms with van der Waals surface area (Å²) in [6, 6.07) is 4.92. The predicted octanol–water partition coefficient (Wildman–Crippen LogP) is 1.82. The van der Waals surface area contributed by atoms with Crippen molar-refractivity contribution in [1.29, 1.82) is 0 Å². The van der Waals surface area contributed by atoms with Gasteiger partial charge in [0.25, 0.3) is 5.91 Å². The number of primary amides is 1. The van der Waals surface area contributed by atoms with Crippen LogP contribution in [0.2, 0.25) is 5.02 Å². The molecule has 1 saturated heterocycles. The fourth-order valence-corrected chi connectivity index (χ4v) is 2.29. The molecule has 0 saturated carbocycles. The van der Waals surface area contributed by atoms with Gasteiger partial charge in [-0.05, 0) is 50.0 Å². The molecule has 2 rings (SSSR count). The average Bonchev–Trinajstić information content (AvgIpc) is 2.84. The molecule has 0 bridgehead atoms. The van der Waals surface area contributed by atoms with Crippen LogP contribution in [-0.2, 0) is 0 Å². The molecule has 18 heavy (non-hydrogen) atoms. The molecular formula is C13H17ClN2O2. The van der Waals surface area contributed by atoms with E-state index in [-0.39, 0.29) is 0 Å². The molecule has 3 N–H and O–H groups in total. The van der Waals surface area contributed by atoms with Crippen LogP contribution in [-0.4, -0.2) is 25.6 Å². The number of carbonyl (C=O) groups excluding carboxylic acids is 1. The van der Waals surface area contributed by atoms with Crippen LogP contribution in [0.25, 0.3) is 0 Å². The zero-order valence-corrected chi connectivity index (χ0v) is 10.9. The Morgan fingerprint density at radius 3 is 3.06 bits per heavy atom. The minimum Gasteiger partial charge on any atom is -0.493 e. The number of nitrogens with two attached hydrogens (primary N) is 1. The molecule has 1 heterocycles. The SMILES string of the molecule is NC(=O)c1cc(Cl)ccc1OCCC1CCNC1. The Morgan fingerprint density at radius 1 is 1.56 bits per heavy atom. The second kappa shape index (κ2) is 6.07. The lowest BCUT2D eigenvalue weighted by Crippen LogP contribution is -2.15. The van der Waals surface area contributed by atoms with Gasteiger partial charge in [-0.3, -0.25) is 4.79 Å². The van der Waals surface area contributed by atoms with Crippen molar-refractivity contribution in [2.24, 2.45) is 11.7 Å². The predicted molar refractivity (Wildman–Crippen MR) is 71.1 cm³/mol. The van der Waals surface area contributed by atoms with E-state index >= 15 is 0 Å². The highest BCUT2D eigenvalue weighted by molar-refractivity contribution is 6.31. The topological polar surface area (TPSA) is 64.4 Å². The third-order valence-electron chi connectivity index (χ3n) is 3.15. The quantitative estimate of drug-likeness (QED) is 0.856. The largest absolute Gasteiger partial charge is 0.493 e. The Morgan fingerprint density at radius 2 is 2.39 bits per heavy atom. The van der Waals surface area contributed by atoms with Gasteiger partial charge >= 0.3 is 0 Å². The number of halogens is 1. The lowest BCUT2D eigenvalue weighted by Gasteiger charge is -2.12. The second-order valence-corrected chi connectivity index (χ2v) is 4.94. The Hall–Kier alpha value is -1.26. The van der Waals surface area contributed by atoms with Crippen molar-refractivity contribution < 1.29 is 9.53 Å². The number of ether oxygens (including phenoxy) is 1. The van der Waals surface area contributed by atoms with E-state index < -0.39 is 5.91 Å². The fourth-order valence-electron chi connectivity index (χ4n) is 2.12. The van der Waals surface area contributed by atoms with Crippen molar-refractivity contribution in [3.63, 3.8) is 0 Å². The molecule has 4 nitrogen and oxygen atoms in total. The molecular weight excluding hydrogens is 252 g/mol. The molecule has 1 atom stereocenters. The first-order chi connectivity index (χ1) is 8.66. The van der Waals surface area contributed by atoms with E-state index in [0.29, 0.717) is 28.9 Å². The molecule has 0 spiro atoms. The van der Waals surface area contributed by atoms with Crippen molar-refractivity contribution in [2.45, 2.75) is 12.8 Å². The number of carbonyl (C=O) groups is 1. The van der Waals surface area contributed by atoms with Crippen molar-refractivity contribution >= 4 is 17.5 Å². The van der Waals surface area contributed by atoms with Gasteiger partial charge in [-0.1, -0.05) is 11.6 Å². The van der Waals surface area contributed by atoms with Crippen LogP contribution in [0.5, 0.6) is 5.75 Å². The molecule has 1 fully saturated rings. The summed E-state index contributed by atoms with van der Waals surface area (Å²) < 4.78 is 5.63. The van der Waals surface area contributed by atoms with Crippen molar-refractivity contribution in [3.8, 4) is 5.75 Å². The Bertz CT molecular complexity index is 431. The molecule has 1 aliphatic heterocycles. The van der Waals surface area contributed by atoms with Gasteiger partial charge in [-0.15, -0.1) is 0 Å². The summed E-state index contributed by atoms with van der Waals surface area (Å²) in [6.07, 6.45) is 2.17. The van der Waals surface area contributed by atoms with Gasteiger partial charge in [-0.2, -0.15) is 0 Å². The van der Waals surface area contributed by atoms with E-state index in [9.17, 15) is 4.79 Å². The van der Waals surface area contributed by atoms with Crippen LogP contribution >= 0.6 is 11.6 Å². The number of hydrogen-bond acceptors (Lipinski definition) is 3. The number of benzene rings is 1. The summed E-state index contributed by atoms with van der Waals surface area (Å²) >= 11 is 5.83. The Kier molecular flexibility index (Phi) is 4.44. The smallest absolute Gasteiger partial charge is 0.252 e. The van der Waals surface area contributed by atoms with Crippen LogP contribution in [0.1, 0.15) is 23.2 Å². The lowest BCUT2D eigenvalue weighted by molar-refractivity contribution is 0.0996. The van der Waals surface area contributed by atoms with Gasteiger partial charge in [0.15, 0.2) is 0 Å². The van der Waals surface area contributed by atoms with Gasteiger partial charge in [0, 0.05) is 5.02 Å². The first kappa shape index (κ1) is 13.2. The second-order valence-electron chi connectivity index (χ2n) is 4.50. The summed E-state index contributed by atoms with van der Waals surface area (Å²) in [6.45, 7) is 2.72. The average molecular weight is 269 g/mol. The Labute approximate surface area is 111 Å². The maximum absolute atomic E-state index is 11.3. The highest BCUT2D eigenvalue weighted by Crippen LogP contribution is 2.23. The van der Waals surface area contributed by atoms with Gasteiger partial charge < -0.3 is 15.8 Å². The van der Waals surface area contributed by atoms with E-state index in [0.717, 1.165) is 19.5 Å². The third-order valence-corrected chi connectivity index (χ3v) is 3.39. The van der Waals surface area contributed by atoms with Crippen LogP contribution in [0.4, 0.5) is 0 Å². The molecule has 1 aliphatic rings. The molecule has 1 aromatic carbocycles. The highest BCUT2D eigenvalue weighted by atomic mass is 35.5. The van der Waals surface area contributed by atoms with Gasteiger partial charge in [-0.25, -0.2) is 0 Å². The first-order valence-corrected chi connectivity index (χ1v) is 6.47. The van der Waals surface area contributed by atoms with Crippen molar-refractivity contribution in [1.82, 2.24) is 5.32 Å². The molecule has 98 valence electrons. The zero-order valence-electron chi connectivity index (χ0n) is 10.1. The monoisotopic (exact) mass is 268 g/mol. The lowest BCUT2D eigenvalue weighted by atomic mass is 10.1. The molecule has 1 unspecified atom stereocenters. The van der Waals surface area contributed by atoms with E-state index in [2.05, 4.69) is 5.32 Å². The van der Waals surface area contributed by atoms with E-state index in [4.69, 9.17) is 22.1 Å². The van der Waals surface area contributed by atoms with Crippen LogP contribution in [0.15, 0.2) is 18.2 Å². The fraction of sp³-hybridized carbons (Fsp3) is 0.462. The zero-order chi connectivity index (χ0) is 13.0.